The first kappa shape index (κ1) is 38.7. The Labute approximate surface area is 233 Å². The van der Waals surface area contributed by atoms with Gasteiger partial charge in [-0.2, -0.15) is 0 Å². The first-order valence-corrected chi connectivity index (χ1v) is 12.8. The molecule has 0 aliphatic rings. The summed E-state index contributed by atoms with van der Waals surface area (Å²) in [7, 11) is 0. The summed E-state index contributed by atoms with van der Waals surface area (Å²) in [4.78, 5) is 11.5. The van der Waals surface area contributed by atoms with Crippen molar-refractivity contribution in [2.45, 2.75) is 63.0 Å². The molecule has 1 amide bonds. The van der Waals surface area contributed by atoms with Gasteiger partial charge in [-0.15, -0.1) is 0 Å². The molecule has 17 heteroatoms. The van der Waals surface area contributed by atoms with Crippen molar-refractivity contribution in [3.05, 3.63) is 0 Å². The van der Waals surface area contributed by atoms with Gasteiger partial charge in [0.1, 0.15) is 30.0 Å². The predicted octanol–water partition coefficient (Wildman–Crippen LogP) is -3.16. The average Bonchev–Trinajstić information content (AvgIpc) is 2.81. The summed E-state index contributed by atoms with van der Waals surface area (Å²) in [6.45, 7) is 2.99. The topological polar surface area (TPSA) is 250 Å². The summed E-state index contributed by atoms with van der Waals surface area (Å²) in [6, 6.07) is 0. The maximum Gasteiger partial charge on any atom is 0.407 e. The molecule has 0 aliphatic carbocycles. The molecule has 0 aromatic carbocycles. The summed E-state index contributed by atoms with van der Waals surface area (Å²) in [5, 5.41) is 77.8. The van der Waals surface area contributed by atoms with Crippen molar-refractivity contribution in [3.8, 4) is 0 Å². The summed E-state index contributed by atoms with van der Waals surface area (Å²) in [6.07, 6.45) is -6.94. The maximum absolute atomic E-state index is 11.5. The number of aliphatic hydroxyl groups excluding tert-OH is 6. The van der Waals surface area contributed by atoms with Crippen LogP contribution in [0.4, 0.5) is 4.79 Å². The van der Waals surface area contributed by atoms with Crippen molar-refractivity contribution >= 4 is 6.09 Å². The van der Waals surface area contributed by atoms with Crippen molar-refractivity contribution in [1.82, 2.24) is 10.5 Å². The number of hydrogen-bond acceptors (Lipinski definition) is 16. The molecule has 17 nitrogen and oxygen atoms in total. The number of nitrogens with one attached hydrogen (secondary N) is 1. The summed E-state index contributed by atoms with van der Waals surface area (Å²) in [5.41, 5.74) is -0.656. The number of amides is 1. The van der Waals surface area contributed by atoms with Crippen molar-refractivity contribution in [3.63, 3.8) is 0 Å². The third-order valence-corrected chi connectivity index (χ3v) is 4.36. The minimum atomic E-state index is -1.16. The van der Waals surface area contributed by atoms with Crippen molar-refractivity contribution in [1.29, 1.82) is 0 Å². The average molecular weight is 593 g/mol. The first-order chi connectivity index (χ1) is 18.7. The molecule has 0 heterocycles. The molecule has 0 aromatic heterocycles. The van der Waals surface area contributed by atoms with Crippen molar-refractivity contribution in [2.75, 3.05) is 79.2 Å². The molecule has 0 saturated carbocycles. The van der Waals surface area contributed by atoms with E-state index < -0.39 is 54.9 Å². The van der Waals surface area contributed by atoms with Crippen molar-refractivity contribution < 1.29 is 74.3 Å². The molecule has 40 heavy (non-hydrogen) atoms. The van der Waals surface area contributed by atoms with E-state index in [2.05, 4.69) is 5.32 Å². The molecule has 0 saturated heterocycles. The second-order valence-corrected chi connectivity index (χ2v) is 10.0. The Bertz CT molecular complexity index is 626. The molecule has 0 radical (unpaired) electrons. The first-order valence-electron chi connectivity index (χ1n) is 12.8. The summed E-state index contributed by atoms with van der Waals surface area (Å²) < 4.78 is 30.7. The van der Waals surface area contributed by atoms with Gasteiger partial charge in [0.05, 0.1) is 84.8 Å². The lowest BCUT2D eigenvalue weighted by molar-refractivity contribution is -0.316. The van der Waals surface area contributed by atoms with Gasteiger partial charge in [-0.25, -0.2) is 4.79 Å². The zero-order valence-corrected chi connectivity index (χ0v) is 23.3. The van der Waals surface area contributed by atoms with Crippen LogP contribution in [0.1, 0.15) is 20.8 Å². The number of aliphatic hydroxyl groups is 6. The number of ether oxygens (including phenoxy) is 6. The molecule has 0 bridgehead atoms. The van der Waals surface area contributed by atoms with Gasteiger partial charge in [-0.3, -0.25) is 10.4 Å². The molecule has 6 unspecified atom stereocenters. The van der Waals surface area contributed by atoms with Gasteiger partial charge in [0.15, 0.2) is 0 Å². The van der Waals surface area contributed by atoms with E-state index in [9.17, 15) is 35.4 Å². The van der Waals surface area contributed by atoms with E-state index in [0.29, 0.717) is 0 Å². The molecule has 0 fully saturated rings. The molecule has 0 spiro atoms. The van der Waals surface area contributed by atoms with E-state index in [4.69, 9.17) is 38.8 Å². The highest BCUT2D eigenvalue weighted by atomic mass is 16.8. The number of nitrogens with zero attached hydrogens (tertiary/aromatic N) is 1. The second kappa shape index (κ2) is 22.3. The van der Waals surface area contributed by atoms with E-state index in [-0.39, 0.29) is 77.8 Å². The Kier molecular flexibility index (Phi) is 21.6. The van der Waals surface area contributed by atoms with Crippen LogP contribution in [0.5, 0.6) is 0 Å². The van der Waals surface area contributed by atoms with Crippen LogP contribution in [0.3, 0.4) is 0 Å². The van der Waals surface area contributed by atoms with E-state index in [0.717, 1.165) is 0 Å². The third-order valence-electron chi connectivity index (χ3n) is 4.36. The molecular weight excluding hydrogens is 544 g/mol. The predicted molar refractivity (Wildman–Crippen MR) is 135 cm³/mol. The molecule has 0 aliphatic heterocycles. The molecule has 0 aromatic rings. The van der Waals surface area contributed by atoms with Gasteiger partial charge >= 0.3 is 6.09 Å². The highest BCUT2D eigenvalue weighted by Crippen LogP contribution is 2.06. The van der Waals surface area contributed by atoms with Gasteiger partial charge in [0, 0.05) is 6.54 Å². The van der Waals surface area contributed by atoms with Gasteiger partial charge < -0.3 is 64.4 Å². The number of alkyl carbamates (subject to hydrolysis) is 1. The lowest BCUT2D eigenvalue weighted by atomic mass is 10.2. The molecule has 6 atom stereocenters. The molecule has 0 rings (SSSR count). The third kappa shape index (κ3) is 25.7. The van der Waals surface area contributed by atoms with E-state index >= 15 is 0 Å². The van der Waals surface area contributed by atoms with Gasteiger partial charge in [0.2, 0.25) is 0 Å². The lowest BCUT2D eigenvalue weighted by Crippen LogP contribution is -2.38. The Balaban J connectivity index is 3.73. The number of hydroxylamine groups is 2. The number of carbonyl (C=O) groups excluding carboxylic acids is 1. The zero-order valence-electron chi connectivity index (χ0n) is 23.3. The fraction of sp³-hybridized carbons (Fsp3) is 0.957. The van der Waals surface area contributed by atoms with E-state index in [1.807, 2.05) is 0 Å². The van der Waals surface area contributed by atoms with E-state index in [1.165, 1.54) is 0 Å². The molecular formula is C23H48N2O15. The Morgan fingerprint density at radius 1 is 0.600 bits per heavy atom. The smallest absolute Gasteiger partial charge is 0.407 e. The number of carbonyl (C=O) groups is 1. The van der Waals surface area contributed by atoms with Crippen molar-refractivity contribution in [2.24, 2.45) is 0 Å². The highest BCUT2D eigenvalue weighted by Gasteiger charge is 2.17. The van der Waals surface area contributed by atoms with Crippen LogP contribution in [0.2, 0.25) is 0 Å². The molecule has 9 N–H and O–H groups in total. The van der Waals surface area contributed by atoms with Crippen LogP contribution in [-0.4, -0.2) is 174 Å². The molecule has 240 valence electrons. The van der Waals surface area contributed by atoms with Crippen LogP contribution >= 0.6 is 0 Å². The van der Waals surface area contributed by atoms with Crippen LogP contribution in [0.25, 0.3) is 0 Å². The highest BCUT2D eigenvalue weighted by molar-refractivity contribution is 5.67. The fourth-order valence-corrected chi connectivity index (χ4v) is 2.71. The minimum absolute atomic E-state index is 0.0875. The standard InChI is InChI=1S/C23H48N2O15/c1-23(2,3)40-22(32)24-4-16(26)6-35-8-18(28)10-37-12-20(30)14-39-15-21(31)13-38-11-19(29)9-36-7-17(27)5-25(33)34/h16-21,26-31,33-34H,4-15H2,1-3H3,(H,24,32). The quantitative estimate of drug-likeness (QED) is 0.0502. The van der Waals surface area contributed by atoms with Crippen LogP contribution in [0, 0.1) is 0 Å². The normalized spacial score (nSPS) is 16.8. The number of hydrogen-bond donors (Lipinski definition) is 9. The largest absolute Gasteiger partial charge is 0.444 e. The fourth-order valence-electron chi connectivity index (χ4n) is 2.71. The van der Waals surface area contributed by atoms with Gasteiger partial charge in [-0.05, 0) is 20.8 Å². The lowest BCUT2D eigenvalue weighted by Gasteiger charge is -2.20. The number of rotatable bonds is 24. The SMILES string of the molecule is CC(C)(C)OC(=O)NCC(O)COCC(O)COCC(O)COCC(O)COCC(O)COCC(O)CN(O)O. The Morgan fingerprint density at radius 2 is 0.900 bits per heavy atom. The Hall–Kier alpha value is -1.29. The van der Waals surface area contributed by atoms with E-state index in [1.54, 1.807) is 20.8 Å². The monoisotopic (exact) mass is 592 g/mol. The second-order valence-electron chi connectivity index (χ2n) is 10.0. The van der Waals surface area contributed by atoms with Crippen LogP contribution in [-0.2, 0) is 28.4 Å². The summed E-state index contributed by atoms with van der Waals surface area (Å²) in [5.74, 6) is 0. The Morgan fingerprint density at radius 3 is 1.20 bits per heavy atom. The van der Waals surface area contributed by atoms with Crippen LogP contribution in [0.15, 0.2) is 0 Å². The van der Waals surface area contributed by atoms with Gasteiger partial charge in [-0.1, -0.05) is 5.23 Å². The van der Waals surface area contributed by atoms with Gasteiger partial charge in [0.25, 0.3) is 0 Å². The zero-order chi connectivity index (χ0) is 30.6. The summed E-state index contributed by atoms with van der Waals surface area (Å²) >= 11 is 0. The maximum atomic E-state index is 11.5. The van der Waals surface area contributed by atoms with Crippen LogP contribution < -0.4 is 5.32 Å². The minimum Gasteiger partial charge on any atom is -0.444 e.